The molecule has 5 heteroatoms. The van der Waals surface area contributed by atoms with Crippen LogP contribution in [0.5, 0.6) is 0 Å². The summed E-state index contributed by atoms with van der Waals surface area (Å²) in [5.74, 6) is 1.09. The van der Waals surface area contributed by atoms with E-state index >= 15 is 0 Å². The monoisotopic (exact) mass is 265 g/mol. The minimum atomic E-state index is 0.454. The van der Waals surface area contributed by atoms with Crippen molar-refractivity contribution in [2.75, 3.05) is 5.73 Å². The molecule has 0 atom stereocenters. The SMILES string of the molecule is Cc1cccc(-c2nc(N)cc(-c3cnn(C)c3)n2)c1. The van der Waals surface area contributed by atoms with E-state index in [1.807, 2.05) is 44.4 Å². The standard InChI is InChI=1S/C15H15N5/c1-10-4-3-5-11(6-10)15-18-13(7-14(16)19-15)12-8-17-20(2)9-12/h3-9H,1-2H3,(H2,16,18,19). The number of hydrogen-bond acceptors (Lipinski definition) is 4. The Morgan fingerprint density at radius 3 is 2.65 bits per heavy atom. The van der Waals surface area contributed by atoms with Gasteiger partial charge in [0.2, 0.25) is 0 Å². The van der Waals surface area contributed by atoms with Crippen molar-refractivity contribution >= 4 is 5.82 Å². The van der Waals surface area contributed by atoms with Gasteiger partial charge in [-0.1, -0.05) is 23.8 Å². The molecule has 0 fully saturated rings. The van der Waals surface area contributed by atoms with Crippen LogP contribution in [-0.4, -0.2) is 19.7 Å². The van der Waals surface area contributed by atoms with Crippen LogP contribution < -0.4 is 5.73 Å². The average molecular weight is 265 g/mol. The lowest BCUT2D eigenvalue weighted by Crippen LogP contribution is -1.97. The van der Waals surface area contributed by atoms with Crippen LogP contribution in [-0.2, 0) is 7.05 Å². The Bertz CT molecular complexity index is 760. The normalized spacial score (nSPS) is 10.7. The third-order valence-corrected chi connectivity index (χ3v) is 3.02. The second-order valence-corrected chi connectivity index (χ2v) is 4.77. The molecule has 2 aromatic heterocycles. The van der Waals surface area contributed by atoms with Crippen LogP contribution in [0.15, 0.2) is 42.7 Å². The van der Waals surface area contributed by atoms with Crippen LogP contribution in [0.4, 0.5) is 5.82 Å². The molecule has 0 aliphatic rings. The molecule has 0 amide bonds. The summed E-state index contributed by atoms with van der Waals surface area (Å²) in [6.45, 7) is 2.04. The molecule has 1 aromatic carbocycles. The van der Waals surface area contributed by atoms with Crippen molar-refractivity contribution in [3.05, 3.63) is 48.3 Å². The summed E-state index contributed by atoms with van der Waals surface area (Å²) < 4.78 is 1.74. The maximum absolute atomic E-state index is 5.90. The summed E-state index contributed by atoms with van der Waals surface area (Å²) in [5.41, 5.74) is 9.73. The van der Waals surface area contributed by atoms with Crippen molar-refractivity contribution in [3.63, 3.8) is 0 Å². The highest BCUT2D eigenvalue weighted by Crippen LogP contribution is 2.23. The Hall–Kier alpha value is -2.69. The van der Waals surface area contributed by atoms with Crippen LogP contribution in [0, 0.1) is 6.92 Å². The quantitative estimate of drug-likeness (QED) is 0.772. The maximum Gasteiger partial charge on any atom is 0.162 e. The van der Waals surface area contributed by atoms with Crippen molar-refractivity contribution in [3.8, 4) is 22.6 Å². The molecule has 3 rings (SSSR count). The molecule has 0 aliphatic carbocycles. The first-order valence-electron chi connectivity index (χ1n) is 6.32. The van der Waals surface area contributed by atoms with Gasteiger partial charge in [0, 0.05) is 30.4 Å². The fourth-order valence-electron chi connectivity index (χ4n) is 2.08. The van der Waals surface area contributed by atoms with E-state index in [0.717, 1.165) is 22.4 Å². The van der Waals surface area contributed by atoms with Crippen LogP contribution in [0.3, 0.4) is 0 Å². The minimum absolute atomic E-state index is 0.454. The number of aromatic nitrogens is 4. The first-order chi connectivity index (χ1) is 9.61. The molecule has 2 N–H and O–H groups in total. The molecule has 3 aromatic rings. The number of rotatable bonds is 2. The molecule has 0 saturated carbocycles. The lowest BCUT2D eigenvalue weighted by Gasteiger charge is -2.05. The lowest BCUT2D eigenvalue weighted by molar-refractivity contribution is 0.768. The number of benzene rings is 1. The van der Waals surface area contributed by atoms with Gasteiger partial charge in [0.1, 0.15) is 5.82 Å². The van der Waals surface area contributed by atoms with E-state index in [4.69, 9.17) is 5.73 Å². The fourth-order valence-corrected chi connectivity index (χ4v) is 2.08. The van der Waals surface area contributed by atoms with Crippen LogP contribution in [0.1, 0.15) is 5.56 Å². The molecule has 5 nitrogen and oxygen atoms in total. The van der Waals surface area contributed by atoms with Gasteiger partial charge in [-0.25, -0.2) is 9.97 Å². The zero-order valence-electron chi connectivity index (χ0n) is 11.4. The van der Waals surface area contributed by atoms with Gasteiger partial charge < -0.3 is 5.73 Å². The molecule has 20 heavy (non-hydrogen) atoms. The highest BCUT2D eigenvalue weighted by atomic mass is 15.2. The number of nitrogens with two attached hydrogens (primary N) is 1. The Morgan fingerprint density at radius 2 is 1.95 bits per heavy atom. The van der Waals surface area contributed by atoms with Crippen LogP contribution >= 0.6 is 0 Å². The van der Waals surface area contributed by atoms with E-state index in [0.29, 0.717) is 11.6 Å². The average Bonchev–Trinajstić information content (AvgIpc) is 2.85. The highest BCUT2D eigenvalue weighted by Gasteiger charge is 2.08. The van der Waals surface area contributed by atoms with E-state index in [1.165, 1.54) is 0 Å². The maximum atomic E-state index is 5.90. The molecule has 0 aliphatic heterocycles. The van der Waals surface area contributed by atoms with Gasteiger partial charge in [-0.3, -0.25) is 4.68 Å². The summed E-state index contributed by atoms with van der Waals surface area (Å²) >= 11 is 0. The third-order valence-electron chi connectivity index (χ3n) is 3.02. The Labute approximate surface area is 117 Å². The van der Waals surface area contributed by atoms with Crippen molar-refractivity contribution < 1.29 is 0 Å². The Balaban J connectivity index is 2.11. The molecule has 0 spiro atoms. The zero-order chi connectivity index (χ0) is 14.1. The first-order valence-corrected chi connectivity index (χ1v) is 6.32. The van der Waals surface area contributed by atoms with Gasteiger partial charge in [0.15, 0.2) is 5.82 Å². The number of hydrogen-bond donors (Lipinski definition) is 1. The number of aryl methyl sites for hydroxylation is 2. The molecule has 100 valence electrons. The van der Waals surface area contributed by atoms with E-state index < -0.39 is 0 Å². The summed E-state index contributed by atoms with van der Waals surface area (Å²) in [7, 11) is 1.87. The second-order valence-electron chi connectivity index (χ2n) is 4.77. The Morgan fingerprint density at radius 1 is 1.10 bits per heavy atom. The van der Waals surface area contributed by atoms with Gasteiger partial charge in [0.05, 0.1) is 11.9 Å². The van der Waals surface area contributed by atoms with Crippen LogP contribution in [0.2, 0.25) is 0 Å². The first kappa shape index (κ1) is 12.3. The molecule has 0 unspecified atom stereocenters. The van der Waals surface area contributed by atoms with Gasteiger partial charge in [-0.15, -0.1) is 0 Å². The van der Waals surface area contributed by atoms with E-state index in [9.17, 15) is 0 Å². The van der Waals surface area contributed by atoms with Gasteiger partial charge in [0.25, 0.3) is 0 Å². The van der Waals surface area contributed by atoms with Gasteiger partial charge in [-0.05, 0) is 13.0 Å². The van der Waals surface area contributed by atoms with Crippen molar-refractivity contribution in [1.29, 1.82) is 0 Å². The summed E-state index contributed by atoms with van der Waals surface area (Å²) in [6.07, 6.45) is 3.67. The smallest absolute Gasteiger partial charge is 0.162 e. The van der Waals surface area contributed by atoms with E-state index in [2.05, 4.69) is 15.1 Å². The fraction of sp³-hybridized carbons (Fsp3) is 0.133. The molecular weight excluding hydrogens is 250 g/mol. The molecule has 2 heterocycles. The number of anilines is 1. The summed E-state index contributed by atoms with van der Waals surface area (Å²) in [6, 6.07) is 9.81. The van der Waals surface area contributed by atoms with Crippen LogP contribution in [0.25, 0.3) is 22.6 Å². The largest absolute Gasteiger partial charge is 0.384 e. The van der Waals surface area contributed by atoms with Crippen molar-refractivity contribution in [1.82, 2.24) is 19.7 Å². The topological polar surface area (TPSA) is 69.6 Å². The van der Waals surface area contributed by atoms with E-state index in [-0.39, 0.29) is 0 Å². The van der Waals surface area contributed by atoms with Crippen molar-refractivity contribution in [2.24, 2.45) is 7.05 Å². The lowest BCUT2D eigenvalue weighted by atomic mass is 10.1. The van der Waals surface area contributed by atoms with Gasteiger partial charge >= 0.3 is 0 Å². The highest BCUT2D eigenvalue weighted by molar-refractivity contribution is 5.66. The zero-order valence-corrected chi connectivity index (χ0v) is 11.4. The van der Waals surface area contributed by atoms with E-state index in [1.54, 1.807) is 16.9 Å². The predicted molar refractivity (Wildman–Crippen MR) is 78.8 cm³/mol. The second kappa shape index (κ2) is 4.77. The number of nitrogen functional groups attached to an aromatic ring is 1. The van der Waals surface area contributed by atoms with Gasteiger partial charge in [-0.2, -0.15) is 5.10 Å². The molecule has 0 saturated heterocycles. The molecular formula is C15H15N5. The third kappa shape index (κ3) is 2.38. The molecule has 0 bridgehead atoms. The number of nitrogens with zero attached hydrogens (tertiary/aromatic N) is 4. The Kier molecular flexibility index (Phi) is 2.95. The summed E-state index contributed by atoms with van der Waals surface area (Å²) in [5, 5.41) is 4.15. The summed E-state index contributed by atoms with van der Waals surface area (Å²) in [4.78, 5) is 8.90. The predicted octanol–water partition coefficient (Wildman–Crippen LogP) is 2.43. The van der Waals surface area contributed by atoms with Crippen molar-refractivity contribution in [2.45, 2.75) is 6.92 Å². The minimum Gasteiger partial charge on any atom is -0.384 e. The molecule has 0 radical (unpaired) electrons.